The quantitative estimate of drug-likeness (QED) is 0.640. The predicted octanol–water partition coefficient (Wildman–Crippen LogP) is 3.00. The molecule has 1 amide bonds. The molecule has 1 fully saturated rings. The number of methoxy groups -OCH3 is 2. The molecule has 0 spiro atoms. The van der Waals surface area contributed by atoms with Gasteiger partial charge < -0.3 is 14.8 Å². The minimum atomic E-state index is -3.67. The summed E-state index contributed by atoms with van der Waals surface area (Å²) in [6.45, 7) is 0.894. The van der Waals surface area contributed by atoms with Crippen LogP contribution in [-0.4, -0.2) is 52.0 Å². The number of nitrogens with one attached hydrogen (secondary N) is 1. The number of piperidine rings is 1. The molecule has 0 aromatic heterocycles. The third kappa shape index (κ3) is 5.77. The summed E-state index contributed by atoms with van der Waals surface area (Å²) in [6, 6.07) is 13.7. The van der Waals surface area contributed by atoms with Gasteiger partial charge in [-0.25, -0.2) is 8.42 Å². The van der Waals surface area contributed by atoms with Crippen molar-refractivity contribution in [3.8, 4) is 11.5 Å². The first-order valence-electron chi connectivity index (χ1n) is 10.5. The summed E-state index contributed by atoms with van der Waals surface area (Å²) in [5, 5.41) is 2.92. The van der Waals surface area contributed by atoms with Crippen molar-refractivity contribution in [2.24, 2.45) is 0 Å². The number of rotatable bonds is 9. The van der Waals surface area contributed by atoms with Crippen LogP contribution in [-0.2, 0) is 21.2 Å². The van der Waals surface area contributed by atoms with Crippen molar-refractivity contribution in [3.05, 3.63) is 54.1 Å². The minimum Gasteiger partial charge on any atom is -0.497 e. The first kappa shape index (κ1) is 23.1. The van der Waals surface area contributed by atoms with Gasteiger partial charge in [0.25, 0.3) is 0 Å². The number of hydrogen-bond acceptors (Lipinski definition) is 5. The van der Waals surface area contributed by atoms with Gasteiger partial charge in [-0.05, 0) is 55.2 Å². The number of sulfonamides is 1. The molecule has 7 nitrogen and oxygen atoms in total. The largest absolute Gasteiger partial charge is 0.497 e. The number of para-hydroxylation sites is 1. The molecule has 1 saturated heterocycles. The Hall–Kier alpha value is -2.58. The van der Waals surface area contributed by atoms with Gasteiger partial charge >= 0.3 is 0 Å². The van der Waals surface area contributed by atoms with Crippen molar-refractivity contribution < 1.29 is 22.7 Å². The van der Waals surface area contributed by atoms with E-state index in [4.69, 9.17) is 9.47 Å². The first-order chi connectivity index (χ1) is 15.0. The molecule has 31 heavy (non-hydrogen) atoms. The normalized spacial score (nSPS) is 17.2. The fourth-order valence-electron chi connectivity index (χ4n) is 3.91. The van der Waals surface area contributed by atoms with Gasteiger partial charge in [0, 0.05) is 25.6 Å². The van der Waals surface area contributed by atoms with E-state index in [0.29, 0.717) is 31.7 Å². The molecule has 2 aromatic carbocycles. The number of nitrogens with zero attached hydrogens (tertiary/aromatic N) is 1. The van der Waals surface area contributed by atoms with Crippen LogP contribution in [0.3, 0.4) is 0 Å². The molecule has 8 heteroatoms. The van der Waals surface area contributed by atoms with E-state index < -0.39 is 10.0 Å². The summed E-state index contributed by atoms with van der Waals surface area (Å²) in [7, 11) is -0.511. The number of ether oxygens (including phenoxy) is 2. The topological polar surface area (TPSA) is 84.9 Å². The number of carbonyl (C=O) groups is 1. The van der Waals surface area contributed by atoms with E-state index in [2.05, 4.69) is 5.32 Å². The lowest BCUT2D eigenvalue weighted by atomic mass is 10.0. The first-order valence-corrected chi connectivity index (χ1v) is 11.9. The molecular weight excluding hydrogens is 416 g/mol. The van der Waals surface area contributed by atoms with Gasteiger partial charge in [-0.3, -0.25) is 4.79 Å². The average Bonchev–Trinajstić information content (AvgIpc) is 2.79. The number of hydrogen-bond donors (Lipinski definition) is 1. The highest BCUT2D eigenvalue weighted by Crippen LogP contribution is 2.28. The Balaban J connectivity index is 1.61. The Morgan fingerprint density at radius 3 is 2.52 bits per heavy atom. The monoisotopic (exact) mass is 446 g/mol. The zero-order valence-electron chi connectivity index (χ0n) is 18.0. The fourth-order valence-corrected chi connectivity index (χ4v) is 5.60. The van der Waals surface area contributed by atoms with Gasteiger partial charge in [-0.1, -0.05) is 24.6 Å². The molecule has 1 heterocycles. The zero-order valence-corrected chi connectivity index (χ0v) is 18.9. The Kier molecular flexibility index (Phi) is 7.92. The Labute approximate surface area is 184 Å². The lowest BCUT2D eigenvalue weighted by Crippen LogP contribution is -2.46. The van der Waals surface area contributed by atoms with Gasteiger partial charge in [0.05, 0.1) is 19.1 Å². The third-order valence-electron chi connectivity index (χ3n) is 5.57. The molecule has 1 atom stereocenters. The molecule has 1 unspecified atom stereocenters. The van der Waals surface area contributed by atoms with Crippen LogP contribution >= 0.6 is 0 Å². The Bertz CT molecular complexity index is 976. The van der Waals surface area contributed by atoms with Crippen LogP contribution in [0.5, 0.6) is 11.5 Å². The summed E-state index contributed by atoms with van der Waals surface area (Å²) in [6.07, 6.45) is 3.18. The van der Waals surface area contributed by atoms with Crippen LogP contribution in [0, 0.1) is 0 Å². The van der Waals surface area contributed by atoms with Gasteiger partial charge in [-0.15, -0.1) is 0 Å². The average molecular weight is 447 g/mol. The molecule has 168 valence electrons. The summed E-state index contributed by atoms with van der Waals surface area (Å²) < 4.78 is 38.3. The second kappa shape index (κ2) is 10.6. The molecule has 1 aliphatic rings. The Morgan fingerprint density at radius 1 is 1.06 bits per heavy atom. The van der Waals surface area contributed by atoms with E-state index in [1.54, 1.807) is 31.4 Å². The second-order valence-corrected chi connectivity index (χ2v) is 9.45. The van der Waals surface area contributed by atoms with Crippen molar-refractivity contribution in [2.75, 3.05) is 27.3 Å². The highest BCUT2D eigenvalue weighted by Gasteiger charge is 2.34. The lowest BCUT2D eigenvalue weighted by molar-refractivity contribution is -0.122. The van der Waals surface area contributed by atoms with Crippen LogP contribution in [0.2, 0.25) is 0 Å². The van der Waals surface area contributed by atoms with Crippen LogP contribution in [0.4, 0.5) is 0 Å². The van der Waals surface area contributed by atoms with Crippen molar-refractivity contribution in [3.63, 3.8) is 0 Å². The fraction of sp³-hybridized carbons (Fsp3) is 0.435. The molecule has 0 radical (unpaired) electrons. The van der Waals surface area contributed by atoms with Gasteiger partial charge in [0.2, 0.25) is 15.9 Å². The molecular formula is C23H30N2O5S. The van der Waals surface area contributed by atoms with Crippen LogP contribution in [0.25, 0.3) is 0 Å². The number of amides is 1. The van der Waals surface area contributed by atoms with Crippen molar-refractivity contribution >= 4 is 15.9 Å². The highest BCUT2D eigenvalue weighted by molar-refractivity contribution is 7.89. The van der Waals surface area contributed by atoms with Crippen molar-refractivity contribution in [1.82, 2.24) is 9.62 Å². The van der Waals surface area contributed by atoms with E-state index in [0.717, 1.165) is 24.2 Å². The van der Waals surface area contributed by atoms with Gasteiger partial charge in [-0.2, -0.15) is 4.31 Å². The maximum absolute atomic E-state index is 13.2. The van der Waals surface area contributed by atoms with Gasteiger partial charge in [0.15, 0.2) is 0 Å². The molecule has 0 aliphatic carbocycles. The van der Waals surface area contributed by atoms with Crippen molar-refractivity contribution in [1.29, 1.82) is 0 Å². The molecule has 0 saturated carbocycles. The van der Waals surface area contributed by atoms with E-state index in [1.807, 2.05) is 24.3 Å². The van der Waals surface area contributed by atoms with Crippen LogP contribution < -0.4 is 14.8 Å². The zero-order chi connectivity index (χ0) is 22.3. The van der Waals surface area contributed by atoms with E-state index in [-0.39, 0.29) is 23.3 Å². The van der Waals surface area contributed by atoms with Gasteiger partial charge in [0.1, 0.15) is 11.5 Å². The van der Waals surface area contributed by atoms with Crippen LogP contribution in [0.15, 0.2) is 53.4 Å². The molecule has 3 rings (SSSR count). The smallest absolute Gasteiger partial charge is 0.243 e. The number of carbonyl (C=O) groups excluding carboxylic acids is 1. The minimum absolute atomic E-state index is 0.142. The molecule has 0 bridgehead atoms. The molecule has 2 aromatic rings. The third-order valence-corrected chi connectivity index (χ3v) is 7.54. The maximum Gasteiger partial charge on any atom is 0.243 e. The summed E-state index contributed by atoms with van der Waals surface area (Å²) >= 11 is 0. The van der Waals surface area contributed by atoms with E-state index in [9.17, 15) is 13.2 Å². The SMILES string of the molecule is COc1ccc(S(=O)(=O)N2CCCCC2CC(=O)NCCc2ccccc2OC)cc1. The molecule has 1 N–H and O–H groups in total. The maximum atomic E-state index is 13.2. The summed E-state index contributed by atoms with van der Waals surface area (Å²) in [5.74, 6) is 1.25. The number of benzene rings is 2. The van der Waals surface area contributed by atoms with E-state index >= 15 is 0 Å². The predicted molar refractivity (Wildman–Crippen MR) is 119 cm³/mol. The second-order valence-electron chi connectivity index (χ2n) is 7.56. The summed E-state index contributed by atoms with van der Waals surface area (Å²) in [4.78, 5) is 12.8. The highest BCUT2D eigenvalue weighted by atomic mass is 32.2. The summed E-state index contributed by atoms with van der Waals surface area (Å²) in [5.41, 5.74) is 1.02. The standard InChI is InChI=1S/C23H30N2O5S/c1-29-20-10-12-21(13-11-20)31(27,28)25-16-6-5-8-19(25)17-23(26)24-15-14-18-7-3-4-9-22(18)30-2/h3-4,7,9-13,19H,5-6,8,14-17H2,1-2H3,(H,24,26). The molecule has 1 aliphatic heterocycles. The lowest BCUT2D eigenvalue weighted by Gasteiger charge is -2.34. The van der Waals surface area contributed by atoms with Crippen LogP contribution in [0.1, 0.15) is 31.2 Å². The van der Waals surface area contributed by atoms with Crippen molar-refractivity contribution in [2.45, 2.75) is 43.0 Å². The Morgan fingerprint density at radius 2 is 1.81 bits per heavy atom. The van der Waals surface area contributed by atoms with E-state index in [1.165, 1.54) is 11.4 Å².